The fourth-order valence-corrected chi connectivity index (χ4v) is 8.17. The van der Waals surface area contributed by atoms with Gasteiger partial charge in [-0.2, -0.15) is 5.26 Å². The van der Waals surface area contributed by atoms with Crippen molar-refractivity contribution in [3.63, 3.8) is 0 Å². The van der Waals surface area contributed by atoms with Gasteiger partial charge in [-0.3, -0.25) is 9.69 Å². The number of nitrogens with zero attached hydrogens (tertiary/aromatic N) is 4. The van der Waals surface area contributed by atoms with Gasteiger partial charge in [-0.05, 0) is 65.0 Å². The Balaban J connectivity index is 1.12. The number of rotatable bonds is 4. The maximum atomic E-state index is 13.6. The third-order valence-electron chi connectivity index (χ3n) is 9.36. The smallest absolute Gasteiger partial charge is 0.256 e. The Morgan fingerprint density at radius 1 is 1.10 bits per heavy atom. The number of carbonyl (C=O) groups is 1. The van der Waals surface area contributed by atoms with E-state index in [1.165, 1.54) is 0 Å². The molecule has 1 amide bonds. The number of halogens is 1. The van der Waals surface area contributed by atoms with E-state index in [1.807, 2.05) is 29.2 Å². The lowest BCUT2D eigenvalue weighted by molar-refractivity contribution is -0.199. The molecule has 6 rings (SSSR count). The number of pyridine rings is 1. The van der Waals surface area contributed by atoms with Gasteiger partial charge in [0.2, 0.25) is 0 Å². The quantitative estimate of drug-likeness (QED) is 0.516. The molecule has 2 aliphatic heterocycles. The average molecular weight is 603 g/mol. The van der Waals surface area contributed by atoms with Crippen molar-refractivity contribution in [2.24, 2.45) is 16.7 Å². The Hall–Kier alpha value is -2.91. The van der Waals surface area contributed by atoms with Gasteiger partial charge in [-0.15, -0.1) is 0 Å². The molecule has 0 atom stereocenters. The summed E-state index contributed by atoms with van der Waals surface area (Å²) >= 11 is 3.46. The van der Waals surface area contributed by atoms with Crippen LogP contribution in [0.4, 0.5) is 0 Å². The Kier molecular flexibility index (Phi) is 6.94. The van der Waals surface area contributed by atoms with E-state index in [2.05, 4.69) is 71.8 Å². The van der Waals surface area contributed by atoms with Crippen LogP contribution in [0.3, 0.4) is 0 Å². The summed E-state index contributed by atoms with van der Waals surface area (Å²) in [6.45, 7) is 13.6. The average Bonchev–Trinajstić information content (AvgIpc) is 3.21. The molecule has 0 bridgehead atoms. The summed E-state index contributed by atoms with van der Waals surface area (Å²) in [6.07, 6.45) is 2.17. The van der Waals surface area contributed by atoms with Crippen LogP contribution in [-0.2, 0) is 6.54 Å². The predicted octanol–water partition coefficient (Wildman–Crippen LogP) is 4.59. The first kappa shape index (κ1) is 27.3. The van der Waals surface area contributed by atoms with Crippen molar-refractivity contribution in [3.8, 4) is 23.7 Å². The van der Waals surface area contributed by atoms with E-state index in [4.69, 9.17) is 9.72 Å². The van der Waals surface area contributed by atoms with E-state index >= 15 is 0 Å². The van der Waals surface area contributed by atoms with Gasteiger partial charge in [0.25, 0.3) is 5.91 Å². The number of fused-ring (bicyclic) bond motifs is 1. The Labute approximate surface area is 245 Å². The summed E-state index contributed by atoms with van der Waals surface area (Å²) in [5.74, 6) is 7.91. The summed E-state index contributed by atoms with van der Waals surface area (Å²) in [6, 6.07) is 12.1. The minimum absolute atomic E-state index is 0.0139. The Bertz CT molecular complexity index is 1420. The summed E-state index contributed by atoms with van der Waals surface area (Å²) in [5.41, 5.74) is 2.25. The number of aromatic nitrogens is 1. The lowest BCUT2D eigenvalue weighted by atomic mass is 9.49. The topological polar surface area (TPSA) is 81.5 Å². The zero-order valence-electron chi connectivity index (χ0n) is 23.6. The lowest BCUT2D eigenvalue weighted by Crippen LogP contribution is -2.74. The Morgan fingerprint density at radius 2 is 1.82 bits per heavy atom. The predicted molar refractivity (Wildman–Crippen MR) is 157 cm³/mol. The number of amides is 1. The van der Waals surface area contributed by atoms with E-state index in [-0.39, 0.29) is 28.9 Å². The maximum absolute atomic E-state index is 13.6. The number of piperazine rings is 1. The summed E-state index contributed by atoms with van der Waals surface area (Å²) < 4.78 is 7.20. The highest BCUT2D eigenvalue weighted by atomic mass is 79.9. The minimum atomic E-state index is -0.282. The monoisotopic (exact) mass is 601 g/mol. The minimum Gasteiger partial charge on any atom is -0.489 e. The van der Waals surface area contributed by atoms with E-state index in [9.17, 15) is 10.1 Å². The van der Waals surface area contributed by atoms with Gasteiger partial charge >= 0.3 is 0 Å². The van der Waals surface area contributed by atoms with Gasteiger partial charge in [0.15, 0.2) is 0 Å². The summed E-state index contributed by atoms with van der Waals surface area (Å²) in [4.78, 5) is 23.0. The second kappa shape index (κ2) is 10.2. The zero-order valence-corrected chi connectivity index (χ0v) is 25.2. The van der Waals surface area contributed by atoms with Gasteiger partial charge in [0.05, 0.1) is 23.4 Å². The van der Waals surface area contributed by atoms with Crippen LogP contribution in [0.1, 0.15) is 67.8 Å². The van der Waals surface area contributed by atoms with Crippen LogP contribution in [-0.4, -0.2) is 65.1 Å². The van der Waals surface area contributed by atoms with Gasteiger partial charge in [-0.1, -0.05) is 33.6 Å². The first-order chi connectivity index (χ1) is 19.1. The van der Waals surface area contributed by atoms with Crippen LogP contribution < -0.4 is 10.1 Å². The molecule has 2 aromatic rings. The molecule has 4 aliphatic rings. The lowest BCUT2D eigenvalue weighted by Gasteiger charge is -2.65. The number of carbonyl (C=O) groups excluding carboxylic acids is 1. The molecule has 40 heavy (non-hydrogen) atoms. The van der Waals surface area contributed by atoms with Crippen LogP contribution in [0.5, 0.6) is 5.75 Å². The molecule has 2 aliphatic carbocycles. The highest BCUT2D eigenvalue weighted by Gasteiger charge is 2.67. The zero-order chi connectivity index (χ0) is 28.2. The molecule has 1 saturated heterocycles. The van der Waals surface area contributed by atoms with Crippen molar-refractivity contribution >= 4 is 21.8 Å². The van der Waals surface area contributed by atoms with Crippen molar-refractivity contribution in [1.29, 1.82) is 5.26 Å². The van der Waals surface area contributed by atoms with Gasteiger partial charge < -0.3 is 15.0 Å². The first-order valence-electron chi connectivity index (χ1n) is 14.2. The second-order valence-electron chi connectivity index (χ2n) is 12.8. The van der Waals surface area contributed by atoms with Crippen molar-refractivity contribution in [2.45, 2.75) is 65.3 Å². The second-order valence-corrected chi connectivity index (χ2v) is 13.7. The Morgan fingerprint density at radius 3 is 2.50 bits per heavy atom. The number of nitriles is 1. The van der Waals surface area contributed by atoms with E-state index in [1.54, 1.807) is 6.07 Å². The van der Waals surface area contributed by atoms with Crippen LogP contribution >= 0.6 is 15.9 Å². The highest BCUT2D eigenvalue weighted by Crippen LogP contribution is 2.59. The molecule has 3 heterocycles. The molecule has 1 aromatic carbocycles. The molecule has 0 radical (unpaired) electrons. The standard InChI is InChI=1S/C32H36BrN5O2/c1-31(2)29(32(3,4)30(31)40-24-9-6-21(18-34)26(33)17-24)38-19-27-25(28(38)39)10-8-22(36-27)7-5-20-15-23(16-20)37-13-11-35-12-14-37/h6,8-10,17,20,23,29-30,35H,11-16,19H2,1-4H3. The van der Waals surface area contributed by atoms with Crippen LogP contribution in [0.2, 0.25) is 0 Å². The molecule has 1 N–H and O–H groups in total. The molecule has 0 spiro atoms. The van der Waals surface area contributed by atoms with E-state index in [0.29, 0.717) is 39.9 Å². The molecular formula is C32H36BrN5O2. The van der Waals surface area contributed by atoms with Crippen LogP contribution in [0, 0.1) is 39.9 Å². The van der Waals surface area contributed by atoms with Crippen molar-refractivity contribution in [3.05, 3.63) is 57.3 Å². The fraction of sp³-hybridized carbons (Fsp3) is 0.531. The normalized spacial score (nSPS) is 28.4. The molecule has 208 valence electrons. The molecule has 1 aromatic heterocycles. The van der Waals surface area contributed by atoms with Crippen LogP contribution in [0.15, 0.2) is 34.8 Å². The molecule has 3 fully saturated rings. The van der Waals surface area contributed by atoms with Gasteiger partial charge in [0, 0.05) is 59.5 Å². The van der Waals surface area contributed by atoms with Gasteiger partial charge in [-0.25, -0.2) is 4.98 Å². The molecule has 7 nitrogen and oxygen atoms in total. The van der Waals surface area contributed by atoms with Crippen LogP contribution in [0.25, 0.3) is 0 Å². The van der Waals surface area contributed by atoms with Gasteiger partial charge in [0.1, 0.15) is 23.6 Å². The van der Waals surface area contributed by atoms with Crippen molar-refractivity contribution in [1.82, 2.24) is 20.1 Å². The largest absolute Gasteiger partial charge is 0.489 e. The molecule has 8 heteroatoms. The third kappa shape index (κ3) is 4.61. The van der Waals surface area contributed by atoms with E-state index < -0.39 is 0 Å². The van der Waals surface area contributed by atoms with Crippen molar-refractivity contribution in [2.75, 3.05) is 26.2 Å². The number of hydrogen-bond acceptors (Lipinski definition) is 6. The number of benzene rings is 1. The van der Waals surface area contributed by atoms with Crippen molar-refractivity contribution < 1.29 is 9.53 Å². The molecule has 2 saturated carbocycles. The first-order valence-corrected chi connectivity index (χ1v) is 15.0. The summed E-state index contributed by atoms with van der Waals surface area (Å²) in [7, 11) is 0. The molecular weight excluding hydrogens is 566 g/mol. The fourth-order valence-electron chi connectivity index (χ4n) is 7.72. The maximum Gasteiger partial charge on any atom is 0.256 e. The number of ether oxygens (including phenoxy) is 1. The number of nitrogens with one attached hydrogen (secondary N) is 1. The SMILES string of the molecule is CC1(C)C(Oc2ccc(C#N)c(Br)c2)C(C)(C)C1N1Cc2nc(C#CC3CC(N4CCNCC4)C3)ccc2C1=O. The van der Waals surface area contributed by atoms with E-state index in [0.717, 1.165) is 50.4 Å². The summed E-state index contributed by atoms with van der Waals surface area (Å²) in [5, 5.41) is 12.7. The molecule has 0 unspecified atom stereocenters. The number of hydrogen-bond donors (Lipinski definition) is 1. The highest BCUT2D eigenvalue weighted by molar-refractivity contribution is 9.10. The third-order valence-corrected chi connectivity index (χ3v) is 10.0.